The molecular weight excluding hydrogens is 238 g/mol. The van der Waals surface area contributed by atoms with E-state index in [4.69, 9.17) is 5.84 Å². The van der Waals surface area contributed by atoms with E-state index < -0.39 is 0 Å². The van der Waals surface area contributed by atoms with E-state index in [1.807, 2.05) is 6.07 Å². The summed E-state index contributed by atoms with van der Waals surface area (Å²) in [6.45, 7) is 10.2. The summed E-state index contributed by atoms with van der Waals surface area (Å²) in [5.74, 6) is 6.12. The third kappa shape index (κ3) is 3.89. The van der Waals surface area contributed by atoms with Crippen LogP contribution in [0.5, 0.6) is 0 Å². The van der Waals surface area contributed by atoms with Crippen LogP contribution < -0.4 is 11.3 Å². The third-order valence-electron chi connectivity index (χ3n) is 4.00. The fraction of sp³-hybridized carbons (Fsp3) is 0.643. The van der Waals surface area contributed by atoms with E-state index in [2.05, 4.69) is 40.1 Å². The molecule has 106 valence electrons. The maximum Gasteiger partial charge on any atom is 0.140 e. The molecule has 1 aliphatic heterocycles. The highest BCUT2D eigenvalue weighted by Gasteiger charge is 2.19. The number of nitrogens with zero attached hydrogens (tertiary/aromatic N) is 3. The predicted octanol–water partition coefficient (Wildman–Crippen LogP) is 1.28. The molecule has 19 heavy (non-hydrogen) atoms. The molecule has 0 radical (unpaired) electrons. The Morgan fingerprint density at radius 2 is 2.11 bits per heavy atom. The lowest BCUT2D eigenvalue weighted by Gasteiger charge is -2.37. The largest absolute Gasteiger partial charge is 0.308 e. The lowest BCUT2D eigenvalue weighted by atomic mass is 10.1. The number of rotatable bonds is 5. The molecule has 1 aromatic rings. The van der Waals surface area contributed by atoms with Gasteiger partial charge in [0.2, 0.25) is 0 Å². The highest BCUT2D eigenvalue weighted by molar-refractivity contribution is 5.35. The molecule has 0 aromatic carbocycles. The van der Waals surface area contributed by atoms with Gasteiger partial charge in [0.25, 0.3) is 0 Å². The topological polar surface area (TPSA) is 57.4 Å². The summed E-state index contributed by atoms with van der Waals surface area (Å²) >= 11 is 0. The van der Waals surface area contributed by atoms with Crippen LogP contribution >= 0.6 is 0 Å². The fourth-order valence-corrected chi connectivity index (χ4v) is 2.53. The molecular formula is C14H25N5. The van der Waals surface area contributed by atoms with Gasteiger partial charge in [0.05, 0.1) is 0 Å². The number of aromatic nitrogens is 1. The first-order valence-corrected chi connectivity index (χ1v) is 7.11. The Morgan fingerprint density at radius 1 is 1.37 bits per heavy atom. The zero-order chi connectivity index (χ0) is 13.7. The number of anilines is 1. The first kappa shape index (κ1) is 14.2. The molecule has 1 aliphatic rings. The van der Waals surface area contributed by atoms with E-state index in [0.29, 0.717) is 6.04 Å². The van der Waals surface area contributed by atoms with E-state index in [1.165, 1.54) is 25.1 Å². The van der Waals surface area contributed by atoms with Crippen molar-refractivity contribution in [3.8, 4) is 0 Å². The second kappa shape index (κ2) is 6.84. The van der Waals surface area contributed by atoms with Gasteiger partial charge in [-0.25, -0.2) is 10.8 Å². The molecule has 2 rings (SSSR count). The SMILES string of the molecule is CCC(C)N1CCN(Cc2ccnc(NN)c2)CC1. The maximum absolute atomic E-state index is 5.39. The highest BCUT2D eigenvalue weighted by atomic mass is 15.3. The monoisotopic (exact) mass is 263 g/mol. The molecule has 3 N–H and O–H groups in total. The van der Waals surface area contributed by atoms with Crippen LogP contribution in [0, 0.1) is 0 Å². The van der Waals surface area contributed by atoms with Crippen LogP contribution in [0.1, 0.15) is 25.8 Å². The first-order chi connectivity index (χ1) is 9.22. The third-order valence-corrected chi connectivity index (χ3v) is 4.00. The van der Waals surface area contributed by atoms with Gasteiger partial charge < -0.3 is 5.43 Å². The first-order valence-electron chi connectivity index (χ1n) is 7.11. The molecule has 1 saturated heterocycles. The molecule has 2 heterocycles. The highest BCUT2D eigenvalue weighted by Crippen LogP contribution is 2.13. The number of nitrogens with one attached hydrogen (secondary N) is 1. The van der Waals surface area contributed by atoms with Crippen LogP contribution in [-0.4, -0.2) is 47.0 Å². The standard InChI is InChI=1S/C14H25N5/c1-3-12(2)19-8-6-18(7-9-19)11-13-4-5-16-14(10-13)17-15/h4-5,10,12H,3,6-9,11,15H2,1-2H3,(H,16,17). The molecule has 0 saturated carbocycles. The minimum Gasteiger partial charge on any atom is -0.308 e. The Kier molecular flexibility index (Phi) is 5.13. The lowest BCUT2D eigenvalue weighted by molar-refractivity contribution is 0.0963. The van der Waals surface area contributed by atoms with Crippen molar-refractivity contribution in [3.63, 3.8) is 0 Å². The summed E-state index contributed by atoms with van der Waals surface area (Å²) in [5.41, 5.74) is 3.86. The summed E-state index contributed by atoms with van der Waals surface area (Å²) in [6.07, 6.45) is 3.04. The van der Waals surface area contributed by atoms with Crippen molar-refractivity contribution in [1.82, 2.24) is 14.8 Å². The van der Waals surface area contributed by atoms with Gasteiger partial charge in [-0.3, -0.25) is 9.80 Å². The van der Waals surface area contributed by atoms with Gasteiger partial charge in [-0.15, -0.1) is 0 Å². The van der Waals surface area contributed by atoms with Gasteiger partial charge in [-0.1, -0.05) is 6.92 Å². The van der Waals surface area contributed by atoms with Crippen molar-refractivity contribution in [1.29, 1.82) is 0 Å². The van der Waals surface area contributed by atoms with Crippen molar-refractivity contribution in [2.75, 3.05) is 31.6 Å². The van der Waals surface area contributed by atoms with Crippen LogP contribution in [-0.2, 0) is 6.54 Å². The van der Waals surface area contributed by atoms with Gasteiger partial charge in [0, 0.05) is 45.0 Å². The Balaban J connectivity index is 1.85. The Labute approximate surface area is 115 Å². The van der Waals surface area contributed by atoms with Gasteiger partial charge in [0.1, 0.15) is 5.82 Å². The van der Waals surface area contributed by atoms with E-state index in [1.54, 1.807) is 6.20 Å². The number of nitrogens with two attached hydrogens (primary N) is 1. The van der Waals surface area contributed by atoms with Crippen molar-refractivity contribution in [3.05, 3.63) is 23.9 Å². The summed E-state index contributed by atoms with van der Waals surface area (Å²) in [7, 11) is 0. The van der Waals surface area contributed by atoms with Crippen molar-refractivity contribution >= 4 is 5.82 Å². The van der Waals surface area contributed by atoms with E-state index in [-0.39, 0.29) is 0 Å². The van der Waals surface area contributed by atoms with E-state index >= 15 is 0 Å². The summed E-state index contributed by atoms with van der Waals surface area (Å²) in [4.78, 5) is 9.21. The number of piperazine rings is 1. The van der Waals surface area contributed by atoms with Crippen LogP contribution in [0.25, 0.3) is 0 Å². The van der Waals surface area contributed by atoms with E-state index in [9.17, 15) is 0 Å². The van der Waals surface area contributed by atoms with Crippen LogP contribution in [0.3, 0.4) is 0 Å². The van der Waals surface area contributed by atoms with Crippen LogP contribution in [0.4, 0.5) is 5.82 Å². The van der Waals surface area contributed by atoms with Gasteiger partial charge in [-0.05, 0) is 31.0 Å². The molecule has 1 atom stereocenters. The average molecular weight is 263 g/mol. The molecule has 1 fully saturated rings. The number of hydrogen-bond donors (Lipinski definition) is 2. The quantitative estimate of drug-likeness (QED) is 0.619. The van der Waals surface area contributed by atoms with Crippen molar-refractivity contribution < 1.29 is 0 Å². The Morgan fingerprint density at radius 3 is 2.74 bits per heavy atom. The molecule has 1 aromatic heterocycles. The molecule has 0 aliphatic carbocycles. The molecule has 1 unspecified atom stereocenters. The van der Waals surface area contributed by atoms with Crippen LogP contribution in [0.2, 0.25) is 0 Å². The second-order valence-corrected chi connectivity index (χ2v) is 5.26. The molecule has 0 bridgehead atoms. The molecule has 5 heteroatoms. The second-order valence-electron chi connectivity index (χ2n) is 5.26. The normalized spacial score (nSPS) is 19.3. The minimum atomic E-state index is 0.705. The van der Waals surface area contributed by atoms with Gasteiger partial charge in [-0.2, -0.15) is 0 Å². The smallest absolute Gasteiger partial charge is 0.140 e. The minimum absolute atomic E-state index is 0.705. The Bertz CT molecular complexity index is 387. The number of hydrazine groups is 1. The summed E-state index contributed by atoms with van der Waals surface area (Å²) in [5, 5.41) is 0. The molecule has 0 spiro atoms. The van der Waals surface area contributed by atoms with Crippen molar-refractivity contribution in [2.45, 2.75) is 32.9 Å². The average Bonchev–Trinajstić information content (AvgIpc) is 2.47. The van der Waals surface area contributed by atoms with E-state index in [0.717, 1.165) is 25.5 Å². The van der Waals surface area contributed by atoms with Gasteiger partial charge >= 0.3 is 0 Å². The number of nitrogen functional groups attached to an aromatic ring is 1. The van der Waals surface area contributed by atoms with Gasteiger partial charge in [0.15, 0.2) is 0 Å². The summed E-state index contributed by atoms with van der Waals surface area (Å²) in [6, 6.07) is 4.78. The lowest BCUT2D eigenvalue weighted by Crippen LogP contribution is -2.48. The van der Waals surface area contributed by atoms with Crippen LogP contribution in [0.15, 0.2) is 18.3 Å². The maximum atomic E-state index is 5.39. The van der Waals surface area contributed by atoms with Crippen molar-refractivity contribution in [2.24, 2.45) is 5.84 Å². The number of pyridine rings is 1. The molecule has 0 amide bonds. The summed E-state index contributed by atoms with van der Waals surface area (Å²) < 4.78 is 0. The predicted molar refractivity (Wildman–Crippen MR) is 78.7 cm³/mol. The fourth-order valence-electron chi connectivity index (χ4n) is 2.53. The number of hydrogen-bond acceptors (Lipinski definition) is 5. The zero-order valence-electron chi connectivity index (χ0n) is 12.0. The molecule has 5 nitrogen and oxygen atoms in total. The zero-order valence-corrected chi connectivity index (χ0v) is 12.0. The Hall–Kier alpha value is -1.17.